The minimum Gasteiger partial charge on any atom is -0.158 e. The van der Waals surface area contributed by atoms with Crippen LogP contribution in [0.5, 0.6) is 0 Å². The Labute approximate surface area is 172 Å². The number of rotatable bonds is 6. The van der Waals surface area contributed by atoms with Gasteiger partial charge in [-0.15, -0.1) is 0 Å². The lowest BCUT2D eigenvalue weighted by atomic mass is 9.73. The van der Waals surface area contributed by atoms with Crippen LogP contribution >= 0.6 is 11.8 Å². The quantitative estimate of drug-likeness (QED) is 0.415. The maximum absolute atomic E-state index is 4.31. The number of fused-ring (bicyclic) bond motifs is 1. The molecular formula is C26H40S. The van der Waals surface area contributed by atoms with Crippen molar-refractivity contribution in [3.8, 4) is 0 Å². The Morgan fingerprint density at radius 1 is 1.07 bits per heavy atom. The molecule has 0 aromatic heterocycles. The summed E-state index contributed by atoms with van der Waals surface area (Å²) in [7, 11) is 0. The summed E-state index contributed by atoms with van der Waals surface area (Å²) in [5.74, 6) is 2.44. The highest BCUT2D eigenvalue weighted by Gasteiger charge is 2.51. The molecule has 0 saturated heterocycles. The zero-order valence-corrected chi connectivity index (χ0v) is 18.8. The van der Waals surface area contributed by atoms with Gasteiger partial charge in [0.1, 0.15) is 0 Å². The lowest BCUT2D eigenvalue weighted by molar-refractivity contribution is 0.323. The monoisotopic (exact) mass is 384 g/mol. The first-order valence-corrected chi connectivity index (χ1v) is 12.6. The molecular weight excluding hydrogens is 344 g/mol. The molecule has 0 aromatic rings. The molecule has 3 rings (SSSR count). The summed E-state index contributed by atoms with van der Waals surface area (Å²) in [6.45, 7) is 8.94. The third-order valence-electron chi connectivity index (χ3n) is 7.27. The molecule has 3 saturated carbocycles. The Hall–Kier alpha value is -0.690. The van der Waals surface area contributed by atoms with E-state index >= 15 is 0 Å². The minimum absolute atomic E-state index is 0.494. The van der Waals surface area contributed by atoms with Gasteiger partial charge < -0.3 is 0 Å². The Balaban J connectivity index is 1.73. The molecule has 0 nitrogen and oxygen atoms in total. The molecule has 0 N–H and O–H groups in total. The lowest BCUT2D eigenvalue weighted by Gasteiger charge is -2.44. The fourth-order valence-electron chi connectivity index (χ4n) is 5.72. The molecule has 0 radical (unpaired) electrons. The summed E-state index contributed by atoms with van der Waals surface area (Å²) in [5.41, 5.74) is 4.67. The van der Waals surface area contributed by atoms with Crippen molar-refractivity contribution in [3.63, 3.8) is 0 Å². The molecule has 3 aliphatic rings. The van der Waals surface area contributed by atoms with E-state index in [4.69, 9.17) is 0 Å². The SMILES string of the molecule is C=C1CCCC/C1=C/C=C1\CCCC2(SC)C1CC[C@@H]2C/C=C/CC(C)C. The van der Waals surface area contributed by atoms with Gasteiger partial charge in [0.15, 0.2) is 0 Å². The second kappa shape index (κ2) is 9.68. The summed E-state index contributed by atoms with van der Waals surface area (Å²) in [6, 6.07) is 0. The van der Waals surface area contributed by atoms with Crippen LogP contribution < -0.4 is 0 Å². The first-order valence-electron chi connectivity index (χ1n) is 11.3. The van der Waals surface area contributed by atoms with Crippen molar-refractivity contribution < 1.29 is 0 Å². The molecule has 150 valence electrons. The standard InChI is InChI=1S/C26H40S/c1-20(2)10-5-8-14-24-17-18-25-23(13-9-19-26(24,25)27-4)16-15-22-12-7-6-11-21(22)3/h5,8,15-16,20,24-25H,3,6-7,9-14,17-19H2,1-2,4H3/b8-5+,22-15-,23-16+/t24-,25?,26?/m0/s1. The molecule has 0 heterocycles. The topological polar surface area (TPSA) is 0 Å². The lowest BCUT2D eigenvalue weighted by Crippen LogP contribution is -2.39. The predicted molar refractivity (Wildman–Crippen MR) is 123 cm³/mol. The molecule has 0 aromatic carbocycles. The Kier molecular flexibility index (Phi) is 7.54. The van der Waals surface area contributed by atoms with Gasteiger partial charge in [0.2, 0.25) is 0 Å². The van der Waals surface area contributed by atoms with Crippen molar-refractivity contribution in [1.82, 2.24) is 0 Å². The van der Waals surface area contributed by atoms with Gasteiger partial charge in [0.05, 0.1) is 0 Å². The van der Waals surface area contributed by atoms with Crippen molar-refractivity contribution in [2.45, 2.75) is 89.2 Å². The van der Waals surface area contributed by atoms with Gasteiger partial charge in [-0.05, 0) is 100 Å². The molecule has 2 unspecified atom stereocenters. The van der Waals surface area contributed by atoms with Gasteiger partial charge in [-0.1, -0.05) is 55.9 Å². The first-order chi connectivity index (χ1) is 13.1. The summed E-state index contributed by atoms with van der Waals surface area (Å²) in [6.07, 6.45) is 26.9. The molecule has 0 amide bonds. The molecule has 1 heteroatoms. The van der Waals surface area contributed by atoms with Crippen LogP contribution in [0, 0.1) is 17.8 Å². The van der Waals surface area contributed by atoms with Crippen LogP contribution in [-0.2, 0) is 0 Å². The van der Waals surface area contributed by atoms with Crippen LogP contribution in [0.25, 0.3) is 0 Å². The van der Waals surface area contributed by atoms with Gasteiger partial charge in [-0.2, -0.15) is 11.8 Å². The fourth-order valence-corrected chi connectivity index (χ4v) is 7.17. The van der Waals surface area contributed by atoms with Crippen molar-refractivity contribution in [2.24, 2.45) is 17.8 Å². The maximum atomic E-state index is 4.31. The third kappa shape index (κ3) is 4.84. The molecule has 0 aliphatic heterocycles. The molecule has 3 aliphatic carbocycles. The van der Waals surface area contributed by atoms with E-state index < -0.39 is 0 Å². The highest BCUT2D eigenvalue weighted by Crippen LogP contribution is 2.59. The largest absolute Gasteiger partial charge is 0.158 e. The fraction of sp³-hybridized carbons (Fsp3) is 0.692. The van der Waals surface area contributed by atoms with Crippen LogP contribution in [0.4, 0.5) is 0 Å². The van der Waals surface area contributed by atoms with Gasteiger partial charge in [-0.3, -0.25) is 0 Å². The van der Waals surface area contributed by atoms with E-state index in [1.807, 2.05) is 0 Å². The molecule has 27 heavy (non-hydrogen) atoms. The van der Waals surface area contributed by atoms with Crippen LogP contribution in [-0.4, -0.2) is 11.0 Å². The van der Waals surface area contributed by atoms with E-state index in [1.165, 1.54) is 81.8 Å². The van der Waals surface area contributed by atoms with E-state index in [9.17, 15) is 0 Å². The average molecular weight is 385 g/mol. The third-order valence-corrected chi connectivity index (χ3v) is 8.85. The zero-order valence-electron chi connectivity index (χ0n) is 17.9. The molecule has 0 spiro atoms. The zero-order chi connectivity index (χ0) is 19.3. The second-order valence-electron chi connectivity index (χ2n) is 9.42. The number of thioether (sulfide) groups is 1. The summed E-state index contributed by atoms with van der Waals surface area (Å²) in [4.78, 5) is 0. The van der Waals surface area contributed by atoms with Gasteiger partial charge in [0.25, 0.3) is 0 Å². The molecule has 3 fully saturated rings. The van der Waals surface area contributed by atoms with E-state index in [-0.39, 0.29) is 0 Å². The van der Waals surface area contributed by atoms with E-state index in [0.29, 0.717) is 4.75 Å². The van der Waals surface area contributed by atoms with Gasteiger partial charge >= 0.3 is 0 Å². The second-order valence-corrected chi connectivity index (χ2v) is 10.6. The van der Waals surface area contributed by atoms with E-state index in [2.05, 4.69) is 62.7 Å². The summed E-state index contributed by atoms with van der Waals surface area (Å²) in [5, 5.41) is 0. The van der Waals surface area contributed by atoms with Gasteiger partial charge in [0, 0.05) is 4.75 Å². The summed E-state index contributed by atoms with van der Waals surface area (Å²) >= 11 is 2.19. The van der Waals surface area contributed by atoms with E-state index in [0.717, 1.165) is 17.8 Å². The Morgan fingerprint density at radius 3 is 2.63 bits per heavy atom. The van der Waals surface area contributed by atoms with Crippen molar-refractivity contribution in [1.29, 1.82) is 0 Å². The number of allylic oxidation sites excluding steroid dienone is 7. The maximum Gasteiger partial charge on any atom is 0.0253 e. The summed E-state index contributed by atoms with van der Waals surface area (Å²) < 4.78 is 0.494. The van der Waals surface area contributed by atoms with Crippen LogP contribution in [0.1, 0.15) is 84.5 Å². The van der Waals surface area contributed by atoms with Gasteiger partial charge in [-0.25, -0.2) is 0 Å². The smallest absolute Gasteiger partial charge is 0.0253 e. The van der Waals surface area contributed by atoms with E-state index in [1.54, 1.807) is 5.57 Å². The first kappa shape index (κ1) is 21.0. The Morgan fingerprint density at radius 2 is 1.89 bits per heavy atom. The normalized spacial score (nSPS) is 34.9. The van der Waals surface area contributed by atoms with Crippen molar-refractivity contribution >= 4 is 11.8 Å². The van der Waals surface area contributed by atoms with Crippen molar-refractivity contribution in [3.05, 3.63) is 47.6 Å². The highest BCUT2D eigenvalue weighted by molar-refractivity contribution is 8.00. The van der Waals surface area contributed by atoms with Crippen LogP contribution in [0.15, 0.2) is 47.6 Å². The number of hydrogen-bond donors (Lipinski definition) is 0. The minimum atomic E-state index is 0.494. The number of hydrogen-bond acceptors (Lipinski definition) is 1. The average Bonchev–Trinajstić information content (AvgIpc) is 3.04. The predicted octanol–water partition coefficient (Wildman–Crippen LogP) is 8.27. The Bertz CT molecular complexity index is 606. The molecule has 0 bridgehead atoms. The highest BCUT2D eigenvalue weighted by atomic mass is 32.2. The van der Waals surface area contributed by atoms with Crippen LogP contribution in [0.3, 0.4) is 0 Å². The van der Waals surface area contributed by atoms with Crippen LogP contribution in [0.2, 0.25) is 0 Å². The van der Waals surface area contributed by atoms with Crippen molar-refractivity contribution in [2.75, 3.05) is 6.26 Å². The molecule has 3 atom stereocenters.